The highest BCUT2D eigenvalue weighted by Crippen LogP contribution is 2.33. The maximum Gasteiger partial charge on any atom is 0.191 e. The summed E-state index contributed by atoms with van der Waals surface area (Å²) in [6.07, 6.45) is 2.44. The van der Waals surface area contributed by atoms with Crippen LogP contribution in [0, 0.1) is 12.8 Å². The zero-order chi connectivity index (χ0) is 18.9. The fourth-order valence-electron chi connectivity index (χ4n) is 3.50. The van der Waals surface area contributed by atoms with Crippen molar-refractivity contribution in [2.45, 2.75) is 39.3 Å². The highest BCUT2D eigenvalue weighted by Gasteiger charge is 2.27. The Labute approximate surface area is 186 Å². The topological polar surface area (TPSA) is 45.7 Å². The first-order valence-electron chi connectivity index (χ1n) is 10.0. The zero-order valence-electron chi connectivity index (χ0n) is 16.9. The number of benzene rings is 2. The van der Waals surface area contributed by atoms with Crippen molar-refractivity contribution < 1.29 is 4.74 Å². The Balaban J connectivity index is 0.00000280. The average Bonchev–Trinajstić information content (AvgIpc) is 2.72. The van der Waals surface area contributed by atoms with Crippen LogP contribution in [-0.2, 0) is 11.3 Å². The molecule has 1 aliphatic rings. The molecule has 28 heavy (non-hydrogen) atoms. The van der Waals surface area contributed by atoms with E-state index < -0.39 is 0 Å². The maximum absolute atomic E-state index is 6.14. The van der Waals surface area contributed by atoms with Crippen LogP contribution in [0.25, 0.3) is 0 Å². The summed E-state index contributed by atoms with van der Waals surface area (Å²) in [7, 11) is 0. The van der Waals surface area contributed by atoms with Crippen molar-refractivity contribution in [3.05, 3.63) is 71.3 Å². The van der Waals surface area contributed by atoms with Gasteiger partial charge in [0.2, 0.25) is 0 Å². The fraction of sp³-hybridized carbons (Fsp3) is 0.435. The second-order valence-electron chi connectivity index (χ2n) is 7.17. The van der Waals surface area contributed by atoms with Crippen molar-refractivity contribution in [1.29, 1.82) is 0 Å². The lowest BCUT2D eigenvalue weighted by Gasteiger charge is -2.32. The van der Waals surface area contributed by atoms with Gasteiger partial charge < -0.3 is 15.4 Å². The summed E-state index contributed by atoms with van der Waals surface area (Å²) >= 11 is 0. The lowest BCUT2D eigenvalue weighted by Crippen LogP contribution is -2.42. The molecule has 1 fully saturated rings. The first-order chi connectivity index (χ1) is 13.3. The highest BCUT2D eigenvalue weighted by molar-refractivity contribution is 14.0. The monoisotopic (exact) mass is 493 g/mol. The minimum absolute atomic E-state index is 0. The molecule has 2 unspecified atom stereocenters. The van der Waals surface area contributed by atoms with Gasteiger partial charge >= 0.3 is 0 Å². The third-order valence-electron chi connectivity index (χ3n) is 4.99. The molecule has 2 N–H and O–H groups in total. The van der Waals surface area contributed by atoms with Crippen LogP contribution in [0.2, 0.25) is 0 Å². The SMILES string of the molecule is CCNC(=NCc1ccccc1)NCC1CCCOC1c1ccc(C)cc1.I. The van der Waals surface area contributed by atoms with E-state index in [9.17, 15) is 0 Å². The van der Waals surface area contributed by atoms with Crippen LogP contribution in [0.3, 0.4) is 0 Å². The van der Waals surface area contributed by atoms with E-state index in [0.29, 0.717) is 12.5 Å². The van der Waals surface area contributed by atoms with Crippen molar-refractivity contribution in [3.63, 3.8) is 0 Å². The number of guanidine groups is 1. The molecule has 152 valence electrons. The average molecular weight is 493 g/mol. The molecule has 1 saturated heterocycles. The number of rotatable bonds is 6. The van der Waals surface area contributed by atoms with Gasteiger partial charge in [0.25, 0.3) is 0 Å². The first kappa shape index (κ1) is 22.7. The lowest BCUT2D eigenvalue weighted by atomic mass is 9.89. The van der Waals surface area contributed by atoms with Crippen LogP contribution in [-0.4, -0.2) is 25.7 Å². The van der Waals surface area contributed by atoms with Crippen molar-refractivity contribution in [2.24, 2.45) is 10.9 Å². The normalized spacial score (nSPS) is 19.6. The van der Waals surface area contributed by atoms with Gasteiger partial charge in [-0.2, -0.15) is 0 Å². The number of halogens is 1. The molecule has 0 saturated carbocycles. The summed E-state index contributed by atoms with van der Waals surface area (Å²) in [5.41, 5.74) is 3.78. The first-order valence-corrected chi connectivity index (χ1v) is 10.0. The van der Waals surface area contributed by atoms with Gasteiger partial charge in [-0.3, -0.25) is 0 Å². The predicted molar refractivity (Wildman–Crippen MR) is 127 cm³/mol. The summed E-state index contributed by atoms with van der Waals surface area (Å²) in [6.45, 7) is 7.45. The number of aryl methyl sites for hydroxylation is 1. The van der Waals surface area contributed by atoms with E-state index in [2.05, 4.69) is 73.0 Å². The smallest absolute Gasteiger partial charge is 0.191 e. The molecule has 1 aliphatic heterocycles. The number of aliphatic imine (C=N–C) groups is 1. The van der Waals surface area contributed by atoms with Crippen LogP contribution in [0.15, 0.2) is 59.6 Å². The summed E-state index contributed by atoms with van der Waals surface area (Å²) in [4.78, 5) is 4.73. The zero-order valence-corrected chi connectivity index (χ0v) is 19.2. The molecule has 0 aliphatic carbocycles. The number of nitrogens with one attached hydrogen (secondary N) is 2. The molecule has 3 rings (SSSR count). The molecule has 2 atom stereocenters. The van der Waals surface area contributed by atoms with Crippen LogP contribution >= 0.6 is 24.0 Å². The molecule has 5 heteroatoms. The van der Waals surface area contributed by atoms with Gasteiger partial charge in [-0.15, -0.1) is 24.0 Å². The Morgan fingerprint density at radius 3 is 2.54 bits per heavy atom. The van der Waals surface area contributed by atoms with Gasteiger partial charge in [-0.05, 0) is 37.8 Å². The van der Waals surface area contributed by atoms with Gasteiger partial charge in [0.1, 0.15) is 0 Å². The summed E-state index contributed by atoms with van der Waals surface area (Å²) < 4.78 is 6.14. The number of hydrogen-bond donors (Lipinski definition) is 2. The van der Waals surface area contributed by atoms with Crippen molar-refractivity contribution in [2.75, 3.05) is 19.7 Å². The number of nitrogens with zero attached hydrogens (tertiary/aromatic N) is 1. The highest BCUT2D eigenvalue weighted by atomic mass is 127. The molecule has 2 aromatic rings. The van der Waals surface area contributed by atoms with Gasteiger partial charge in [-0.25, -0.2) is 4.99 Å². The maximum atomic E-state index is 6.14. The van der Waals surface area contributed by atoms with Crippen LogP contribution in [0.4, 0.5) is 0 Å². The molecule has 0 aromatic heterocycles. The van der Waals surface area contributed by atoms with Crippen molar-refractivity contribution in [1.82, 2.24) is 10.6 Å². The standard InChI is InChI=1S/C23H31N3O.HI/c1-3-24-23(25-16-19-8-5-4-6-9-19)26-17-21-10-7-15-27-22(21)20-13-11-18(2)12-14-20;/h4-6,8-9,11-14,21-22H,3,7,10,15-17H2,1-2H3,(H2,24,25,26);1H. The molecular weight excluding hydrogens is 461 g/mol. The number of ether oxygens (including phenoxy) is 1. The van der Waals surface area contributed by atoms with Gasteiger partial charge in [0, 0.05) is 25.6 Å². The minimum Gasteiger partial charge on any atom is -0.373 e. The summed E-state index contributed by atoms with van der Waals surface area (Å²) in [5.74, 6) is 1.32. The predicted octanol–water partition coefficient (Wildman–Crippen LogP) is 4.84. The molecule has 0 radical (unpaired) electrons. The third-order valence-corrected chi connectivity index (χ3v) is 4.99. The van der Waals surface area contributed by atoms with E-state index in [1.54, 1.807) is 0 Å². The molecule has 4 nitrogen and oxygen atoms in total. The van der Waals surface area contributed by atoms with Crippen molar-refractivity contribution in [3.8, 4) is 0 Å². The van der Waals surface area contributed by atoms with E-state index in [1.165, 1.54) is 23.1 Å². The second-order valence-corrected chi connectivity index (χ2v) is 7.17. The summed E-state index contributed by atoms with van der Waals surface area (Å²) in [5, 5.41) is 6.88. The van der Waals surface area contributed by atoms with Gasteiger partial charge in [0.15, 0.2) is 5.96 Å². The second kappa shape index (κ2) is 12.1. The van der Waals surface area contributed by atoms with E-state index in [-0.39, 0.29) is 30.1 Å². The van der Waals surface area contributed by atoms with Crippen LogP contribution in [0.1, 0.15) is 42.6 Å². The number of hydrogen-bond acceptors (Lipinski definition) is 2. The molecular formula is C23H32IN3O. The molecule has 1 heterocycles. The minimum atomic E-state index is 0. The van der Waals surface area contributed by atoms with Crippen LogP contribution in [0.5, 0.6) is 0 Å². The Hall–Kier alpha value is -1.60. The van der Waals surface area contributed by atoms with E-state index in [0.717, 1.165) is 32.1 Å². The third kappa shape index (κ3) is 6.78. The van der Waals surface area contributed by atoms with E-state index in [1.807, 2.05) is 6.07 Å². The molecule has 0 amide bonds. The molecule has 2 aromatic carbocycles. The Kier molecular flexibility index (Phi) is 9.78. The fourth-order valence-corrected chi connectivity index (χ4v) is 3.50. The lowest BCUT2D eigenvalue weighted by molar-refractivity contribution is -0.0265. The Morgan fingerprint density at radius 1 is 1.07 bits per heavy atom. The largest absolute Gasteiger partial charge is 0.373 e. The van der Waals surface area contributed by atoms with E-state index in [4.69, 9.17) is 9.73 Å². The Morgan fingerprint density at radius 2 is 1.82 bits per heavy atom. The van der Waals surface area contributed by atoms with Crippen molar-refractivity contribution >= 4 is 29.9 Å². The van der Waals surface area contributed by atoms with Crippen LogP contribution < -0.4 is 10.6 Å². The van der Waals surface area contributed by atoms with Gasteiger partial charge in [0.05, 0.1) is 12.6 Å². The Bertz CT molecular complexity index is 718. The van der Waals surface area contributed by atoms with Gasteiger partial charge in [-0.1, -0.05) is 60.2 Å². The van der Waals surface area contributed by atoms with E-state index >= 15 is 0 Å². The summed E-state index contributed by atoms with van der Waals surface area (Å²) in [6, 6.07) is 19.1. The quantitative estimate of drug-likeness (QED) is 0.344. The molecule has 0 bridgehead atoms. The molecule has 0 spiro atoms.